The Morgan fingerprint density at radius 1 is 1.27 bits per heavy atom. The van der Waals surface area contributed by atoms with Crippen LogP contribution in [0.4, 0.5) is 13.2 Å². The predicted octanol–water partition coefficient (Wildman–Crippen LogP) is 1.82. The van der Waals surface area contributed by atoms with E-state index in [1.54, 1.807) is 4.98 Å². The Morgan fingerprint density at radius 2 is 1.88 bits per heavy atom. The van der Waals surface area contributed by atoms with Crippen molar-refractivity contribution in [3.8, 4) is 22.8 Å². The number of halogens is 3. The lowest BCUT2D eigenvalue weighted by molar-refractivity contribution is -0.141. The molecule has 0 aliphatic rings. The van der Waals surface area contributed by atoms with Gasteiger partial charge < -0.3 is 19.2 Å². The molecule has 13 heteroatoms. The third-order valence-corrected chi connectivity index (χ3v) is 3.79. The number of rotatable bonds is 5. The van der Waals surface area contributed by atoms with Gasteiger partial charge in [0.15, 0.2) is 18.9 Å². The maximum Gasteiger partial charge on any atom is 0.406 e. The summed E-state index contributed by atoms with van der Waals surface area (Å²) in [6.07, 6.45) is -4.20. The summed E-state index contributed by atoms with van der Waals surface area (Å²) >= 11 is 0. The number of H-pyrrole nitrogens is 1. The van der Waals surface area contributed by atoms with E-state index in [1.807, 2.05) is 0 Å². The van der Waals surface area contributed by atoms with Crippen molar-refractivity contribution in [2.24, 2.45) is 0 Å². The third-order valence-electron chi connectivity index (χ3n) is 3.04. The molecule has 0 aromatic carbocycles. The highest BCUT2D eigenvalue weighted by Crippen LogP contribution is 2.44. The minimum absolute atomic E-state index is 0.165. The molecule has 144 valence electrons. The van der Waals surface area contributed by atoms with Crippen LogP contribution >= 0.6 is 7.37 Å². The summed E-state index contributed by atoms with van der Waals surface area (Å²) in [5.74, 6) is -2.83. The van der Waals surface area contributed by atoms with Crippen molar-refractivity contribution in [1.82, 2.24) is 9.55 Å². The Morgan fingerprint density at radius 3 is 2.42 bits per heavy atom. The predicted molar refractivity (Wildman–Crippen MR) is 82.7 cm³/mol. The van der Waals surface area contributed by atoms with Crippen LogP contribution in [0.2, 0.25) is 0 Å². The van der Waals surface area contributed by atoms with Gasteiger partial charge in [-0.3, -0.25) is 18.9 Å². The first-order valence-electron chi connectivity index (χ1n) is 6.92. The number of nitrogens with one attached hydrogen (secondary N) is 1. The normalized spacial score (nSPS) is 12.5. The van der Waals surface area contributed by atoms with Crippen molar-refractivity contribution in [3.63, 3.8) is 0 Å². The molecule has 0 saturated carbocycles. The molecule has 2 rings (SSSR count). The molecule has 0 unspecified atom stereocenters. The molecule has 2 aromatic heterocycles. The van der Waals surface area contributed by atoms with Crippen LogP contribution in [0.3, 0.4) is 0 Å². The van der Waals surface area contributed by atoms with Gasteiger partial charge in [-0.15, -0.1) is 0 Å². The zero-order valence-electron chi connectivity index (χ0n) is 13.5. The topological polar surface area (TPSA) is 135 Å². The van der Waals surface area contributed by atoms with Crippen LogP contribution < -0.4 is 11.2 Å². The molecule has 0 aliphatic heterocycles. The lowest BCUT2D eigenvalue weighted by Crippen LogP contribution is -2.34. The molecule has 0 radical (unpaired) electrons. The fourth-order valence-corrected chi connectivity index (χ4v) is 2.36. The molecule has 2 heterocycles. The molecule has 9 nitrogen and oxygen atoms in total. The molecule has 0 amide bonds. The van der Waals surface area contributed by atoms with Gasteiger partial charge in [-0.1, -0.05) is 0 Å². The van der Waals surface area contributed by atoms with Crippen molar-refractivity contribution in [2.45, 2.75) is 19.3 Å². The van der Waals surface area contributed by atoms with E-state index in [9.17, 15) is 37.5 Å². The maximum absolute atomic E-state index is 12.5. The minimum Gasteiger partial charge on any atom is -0.502 e. The van der Waals surface area contributed by atoms with Crippen LogP contribution in [0.1, 0.15) is 5.76 Å². The van der Waals surface area contributed by atoms with Gasteiger partial charge >= 0.3 is 11.9 Å². The van der Waals surface area contributed by atoms with Gasteiger partial charge in [-0.25, -0.2) is 4.79 Å². The van der Waals surface area contributed by atoms with Gasteiger partial charge in [-0.05, 0) is 0 Å². The first-order chi connectivity index (χ1) is 11.8. The number of aromatic nitrogens is 2. The summed E-state index contributed by atoms with van der Waals surface area (Å²) in [4.78, 5) is 25.0. The smallest absolute Gasteiger partial charge is 0.406 e. The number of nitrogens with zero attached hydrogens (tertiary/aromatic N) is 1. The van der Waals surface area contributed by atoms with Gasteiger partial charge in [0.2, 0.25) is 11.5 Å². The monoisotopic (exact) mass is 398 g/mol. The van der Waals surface area contributed by atoms with E-state index >= 15 is 0 Å². The van der Waals surface area contributed by atoms with Gasteiger partial charge in [0.25, 0.3) is 5.56 Å². The molecule has 0 bridgehead atoms. The zero-order valence-corrected chi connectivity index (χ0v) is 14.3. The van der Waals surface area contributed by atoms with Crippen LogP contribution in [-0.2, 0) is 22.2 Å². The van der Waals surface area contributed by atoms with E-state index in [2.05, 4.69) is 0 Å². The molecular weight excluding hydrogens is 384 g/mol. The summed E-state index contributed by atoms with van der Waals surface area (Å²) in [6.45, 7) is 0.356. The maximum atomic E-state index is 12.5. The second kappa shape index (κ2) is 6.69. The van der Waals surface area contributed by atoms with Crippen LogP contribution in [0, 0.1) is 0 Å². The van der Waals surface area contributed by atoms with Crippen molar-refractivity contribution < 1.29 is 36.9 Å². The van der Waals surface area contributed by atoms with Crippen LogP contribution in [0.25, 0.3) is 11.3 Å². The fourth-order valence-electron chi connectivity index (χ4n) is 1.94. The van der Waals surface area contributed by atoms with Crippen LogP contribution in [-0.4, -0.2) is 39.3 Å². The number of furan rings is 1. The Hall–Kier alpha value is -2.46. The van der Waals surface area contributed by atoms with Gasteiger partial charge in [0.05, 0.1) is 0 Å². The van der Waals surface area contributed by atoms with Crippen molar-refractivity contribution in [3.05, 3.63) is 32.8 Å². The largest absolute Gasteiger partial charge is 0.502 e. The van der Waals surface area contributed by atoms with Crippen molar-refractivity contribution >= 4 is 7.37 Å². The first kappa shape index (κ1) is 19.9. The van der Waals surface area contributed by atoms with E-state index in [-0.39, 0.29) is 4.57 Å². The number of aromatic amines is 1. The molecule has 0 aliphatic carbocycles. The molecular formula is C13H14F3N2O7P. The number of hydrogen-bond donors (Lipinski definition) is 3. The molecule has 0 spiro atoms. The summed E-state index contributed by atoms with van der Waals surface area (Å²) < 4.78 is 59.2. The second-order valence-electron chi connectivity index (χ2n) is 5.62. The minimum atomic E-state index is -4.74. The van der Waals surface area contributed by atoms with Gasteiger partial charge in [-0.2, -0.15) is 13.2 Å². The Labute approximate surface area is 143 Å². The quantitative estimate of drug-likeness (QED) is 0.654. The van der Waals surface area contributed by atoms with E-state index in [4.69, 9.17) is 8.94 Å². The van der Waals surface area contributed by atoms with Gasteiger partial charge in [0, 0.05) is 19.5 Å². The standard InChI is InChI=1S/C13H14F3N2O7P/c1-26(2,23)24-4-7-8(19)9(20)10(25-7)6-3-18(5-13(14,15)16)12(22)17-11(6)21/h3,19-20H,4-5H2,1-2H3,(H,17,21,22). The van der Waals surface area contributed by atoms with Gasteiger partial charge in [0.1, 0.15) is 18.7 Å². The lowest BCUT2D eigenvalue weighted by atomic mass is 10.2. The van der Waals surface area contributed by atoms with E-state index in [1.165, 1.54) is 13.3 Å². The summed E-state index contributed by atoms with van der Waals surface area (Å²) in [5, 5.41) is 19.7. The zero-order chi connectivity index (χ0) is 19.9. The lowest BCUT2D eigenvalue weighted by Gasteiger charge is -2.09. The number of aromatic hydroxyl groups is 2. The number of alkyl halides is 3. The third kappa shape index (κ3) is 4.58. The summed E-state index contributed by atoms with van der Waals surface area (Å²) in [7, 11) is -2.97. The van der Waals surface area contributed by atoms with E-state index < -0.39 is 66.5 Å². The molecule has 26 heavy (non-hydrogen) atoms. The highest BCUT2D eigenvalue weighted by atomic mass is 31.2. The average molecular weight is 398 g/mol. The Balaban J connectivity index is 2.51. The second-order valence-corrected chi connectivity index (χ2v) is 8.38. The highest BCUT2D eigenvalue weighted by Gasteiger charge is 2.30. The number of hydrogen-bond acceptors (Lipinski definition) is 7. The summed E-state index contributed by atoms with van der Waals surface area (Å²) in [5.41, 5.74) is -3.07. The van der Waals surface area contributed by atoms with Crippen molar-refractivity contribution in [1.29, 1.82) is 0 Å². The Kier molecular flexibility index (Phi) is 5.11. The molecule has 0 atom stereocenters. The SMILES string of the molecule is CP(C)(=O)OCc1oc(-c2cn(CC(F)(F)F)c(=O)[nH]c2=O)c(O)c1O. The first-order valence-corrected chi connectivity index (χ1v) is 9.44. The van der Waals surface area contributed by atoms with Crippen molar-refractivity contribution in [2.75, 3.05) is 13.3 Å². The molecule has 3 N–H and O–H groups in total. The molecule has 0 fully saturated rings. The van der Waals surface area contributed by atoms with E-state index in [0.29, 0.717) is 6.20 Å². The van der Waals surface area contributed by atoms with E-state index in [0.717, 1.165) is 0 Å². The average Bonchev–Trinajstić information content (AvgIpc) is 2.74. The molecule has 2 aromatic rings. The Bertz CT molecular complexity index is 983. The highest BCUT2D eigenvalue weighted by molar-refractivity contribution is 7.57. The fraction of sp³-hybridized carbons (Fsp3) is 0.385. The van der Waals surface area contributed by atoms with Crippen LogP contribution in [0.15, 0.2) is 20.2 Å². The molecule has 0 saturated heterocycles. The van der Waals surface area contributed by atoms with Crippen LogP contribution in [0.5, 0.6) is 11.5 Å². The summed E-state index contributed by atoms with van der Waals surface area (Å²) in [6, 6.07) is 0.